The molecule has 0 saturated heterocycles. The molecule has 0 N–H and O–H groups in total. The van der Waals surface area contributed by atoms with E-state index in [9.17, 15) is 14.0 Å². The van der Waals surface area contributed by atoms with E-state index in [0.717, 1.165) is 43.2 Å². The molecule has 0 atom stereocenters. The second-order valence-electron chi connectivity index (χ2n) is 8.01. The van der Waals surface area contributed by atoms with Gasteiger partial charge in [0.1, 0.15) is 10.6 Å². The fourth-order valence-corrected chi connectivity index (χ4v) is 5.79. The second kappa shape index (κ2) is 7.93. The van der Waals surface area contributed by atoms with Crippen LogP contribution in [0.3, 0.4) is 0 Å². The van der Waals surface area contributed by atoms with Crippen LogP contribution in [0.5, 0.6) is 0 Å². The Labute approximate surface area is 183 Å². The van der Waals surface area contributed by atoms with Crippen LogP contribution in [0.4, 0.5) is 4.39 Å². The maximum atomic E-state index is 14.4. The summed E-state index contributed by atoms with van der Waals surface area (Å²) in [6.07, 6.45) is 4.77. The van der Waals surface area contributed by atoms with Crippen LogP contribution in [-0.4, -0.2) is 9.13 Å². The lowest BCUT2D eigenvalue weighted by atomic mass is 9.97. The first-order valence-corrected chi connectivity index (χ1v) is 11.5. The number of benzene rings is 2. The molecule has 158 valence electrons. The smallest absolute Gasteiger partial charge is 0.279 e. The first-order valence-electron chi connectivity index (χ1n) is 10.7. The Balaban J connectivity index is 1.82. The highest BCUT2D eigenvalue weighted by molar-refractivity contribution is 7.18. The van der Waals surface area contributed by atoms with Crippen LogP contribution in [0.15, 0.2) is 58.1 Å². The third kappa shape index (κ3) is 3.35. The zero-order chi connectivity index (χ0) is 21.5. The summed E-state index contributed by atoms with van der Waals surface area (Å²) in [6, 6.07) is 14.0. The van der Waals surface area contributed by atoms with Crippen LogP contribution < -0.4 is 11.2 Å². The summed E-state index contributed by atoms with van der Waals surface area (Å²) in [7, 11) is 0. The lowest BCUT2D eigenvalue weighted by Crippen LogP contribution is -2.39. The van der Waals surface area contributed by atoms with Gasteiger partial charge in [0.25, 0.3) is 5.56 Å². The molecule has 0 spiro atoms. The minimum atomic E-state index is -0.427. The van der Waals surface area contributed by atoms with E-state index in [0.29, 0.717) is 21.5 Å². The van der Waals surface area contributed by atoms with Crippen LogP contribution in [0.1, 0.15) is 41.3 Å². The topological polar surface area (TPSA) is 44.0 Å². The molecule has 4 nitrogen and oxygen atoms in total. The van der Waals surface area contributed by atoms with Crippen molar-refractivity contribution in [3.8, 4) is 5.69 Å². The molecule has 1 aliphatic rings. The van der Waals surface area contributed by atoms with E-state index in [1.165, 1.54) is 26.8 Å². The average Bonchev–Trinajstić information content (AvgIpc) is 3.18. The lowest BCUT2D eigenvalue weighted by Gasteiger charge is -2.14. The lowest BCUT2D eigenvalue weighted by molar-refractivity contribution is 0.595. The number of hydrogen-bond donors (Lipinski definition) is 0. The summed E-state index contributed by atoms with van der Waals surface area (Å²) in [5.74, 6) is -0.353. The molecule has 0 radical (unpaired) electrons. The van der Waals surface area contributed by atoms with Gasteiger partial charge >= 0.3 is 5.69 Å². The normalized spacial score (nSPS) is 13.5. The van der Waals surface area contributed by atoms with Gasteiger partial charge in [0.05, 0.1) is 17.6 Å². The number of nitrogens with zero attached hydrogens (tertiary/aromatic N) is 2. The standard InChI is InChI=1S/C25H23FN2O2S/c1-2-16-11-13-18(14-12-16)28-23(29)22-19-8-4-6-10-21(19)31-24(22)27(25(28)30)15-17-7-3-5-9-20(17)26/h3,5,7,9,11-14H,2,4,6,8,10,15H2,1H3. The third-order valence-corrected chi connectivity index (χ3v) is 7.44. The molecular weight excluding hydrogens is 411 g/mol. The largest absolute Gasteiger partial charge is 0.337 e. The molecule has 0 bridgehead atoms. The highest BCUT2D eigenvalue weighted by Gasteiger charge is 2.24. The van der Waals surface area contributed by atoms with Crippen molar-refractivity contribution in [3.63, 3.8) is 0 Å². The molecule has 5 rings (SSSR count). The van der Waals surface area contributed by atoms with Gasteiger partial charge in [-0.05, 0) is 61.4 Å². The predicted molar refractivity (Wildman–Crippen MR) is 123 cm³/mol. The molecule has 0 amide bonds. The highest BCUT2D eigenvalue weighted by Crippen LogP contribution is 2.34. The molecule has 2 heterocycles. The van der Waals surface area contributed by atoms with Crippen LogP contribution in [0, 0.1) is 5.82 Å². The Morgan fingerprint density at radius 1 is 1.00 bits per heavy atom. The number of halogens is 1. The Kier molecular flexibility index (Phi) is 5.10. The molecule has 0 aliphatic heterocycles. The summed E-state index contributed by atoms with van der Waals surface area (Å²) >= 11 is 1.52. The van der Waals surface area contributed by atoms with Gasteiger partial charge in [0, 0.05) is 10.4 Å². The van der Waals surface area contributed by atoms with Crippen molar-refractivity contribution in [1.82, 2.24) is 9.13 Å². The Bertz CT molecular complexity index is 1400. The number of aromatic nitrogens is 2. The molecule has 4 aromatic rings. The Hall–Kier alpha value is -2.99. The van der Waals surface area contributed by atoms with E-state index in [1.807, 2.05) is 24.3 Å². The van der Waals surface area contributed by atoms with Crippen LogP contribution in [0.2, 0.25) is 0 Å². The maximum Gasteiger partial charge on any atom is 0.337 e. The number of thiophene rings is 1. The minimum absolute atomic E-state index is 0.0920. The summed E-state index contributed by atoms with van der Waals surface area (Å²) in [4.78, 5) is 29.0. The molecule has 1 aliphatic carbocycles. The number of rotatable bonds is 4. The molecule has 2 aromatic carbocycles. The van der Waals surface area contributed by atoms with Gasteiger partial charge in [-0.1, -0.05) is 37.3 Å². The fraction of sp³-hybridized carbons (Fsp3) is 0.280. The third-order valence-electron chi connectivity index (χ3n) is 6.13. The van der Waals surface area contributed by atoms with Crippen molar-refractivity contribution in [1.29, 1.82) is 0 Å². The molecule has 0 unspecified atom stereocenters. The van der Waals surface area contributed by atoms with Crippen molar-refractivity contribution >= 4 is 21.6 Å². The van der Waals surface area contributed by atoms with Gasteiger partial charge in [-0.2, -0.15) is 0 Å². The molecule has 0 fully saturated rings. The average molecular weight is 435 g/mol. The van der Waals surface area contributed by atoms with Gasteiger partial charge in [-0.3, -0.25) is 9.36 Å². The van der Waals surface area contributed by atoms with Crippen molar-refractivity contribution in [3.05, 3.63) is 96.8 Å². The first-order chi connectivity index (χ1) is 15.1. The fourth-order valence-electron chi connectivity index (χ4n) is 4.41. The van der Waals surface area contributed by atoms with Gasteiger partial charge in [0.2, 0.25) is 0 Å². The molecule has 31 heavy (non-hydrogen) atoms. The van der Waals surface area contributed by atoms with Crippen LogP contribution >= 0.6 is 11.3 Å². The zero-order valence-electron chi connectivity index (χ0n) is 17.4. The van der Waals surface area contributed by atoms with E-state index in [-0.39, 0.29) is 17.9 Å². The summed E-state index contributed by atoms with van der Waals surface area (Å²) in [5.41, 5.74) is 2.49. The van der Waals surface area contributed by atoms with Crippen molar-refractivity contribution in [2.75, 3.05) is 0 Å². The molecular formula is C25H23FN2O2S. The van der Waals surface area contributed by atoms with E-state index in [2.05, 4.69) is 6.92 Å². The van der Waals surface area contributed by atoms with Crippen molar-refractivity contribution in [2.45, 2.75) is 45.6 Å². The zero-order valence-corrected chi connectivity index (χ0v) is 18.2. The Morgan fingerprint density at radius 3 is 2.48 bits per heavy atom. The quantitative estimate of drug-likeness (QED) is 0.461. The molecule has 6 heteroatoms. The van der Waals surface area contributed by atoms with Crippen LogP contribution in [0.25, 0.3) is 15.9 Å². The predicted octanol–water partition coefficient (Wildman–Crippen LogP) is 4.84. The highest BCUT2D eigenvalue weighted by atomic mass is 32.1. The van der Waals surface area contributed by atoms with Gasteiger partial charge in [-0.15, -0.1) is 11.3 Å². The van der Waals surface area contributed by atoms with Gasteiger partial charge in [0.15, 0.2) is 0 Å². The van der Waals surface area contributed by atoms with Gasteiger partial charge in [-0.25, -0.2) is 13.8 Å². The summed E-state index contributed by atoms with van der Waals surface area (Å²) < 4.78 is 17.3. The van der Waals surface area contributed by atoms with Crippen molar-refractivity contribution in [2.24, 2.45) is 0 Å². The SMILES string of the molecule is CCc1ccc(-n2c(=O)c3c4c(sc3n(Cc3ccccc3F)c2=O)CCCC4)cc1. The maximum absolute atomic E-state index is 14.4. The van der Waals surface area contributed by atoms with E-state index in [1.54, 1.807) is 22.8 Å². The summed E-state index contributed by atoms with van der Waals surface area (Å²) in [6.45, 7) is 2.15. The summed E-state index contributed by atoms with van der Waals surface area (Å²) in [5, 5.41) is 0.621. The van der Waals surface area contributed by atoms with E-state index < -0.39 is 5.69 Å². The number of fused-ring (bicyclic) bond motifs is 3. The Morgan fingerprint density at radius 2 is 1.74 bits per heavy atom. The van der Waals surface area contributed by atoms with Crippen LogP contribution in [-0.2, 0) is 25.8 Å². The molecule has 0 saturated carbocycles. The van der Waals surface area contributed by atoms with Gasteiger partial charge < -0.3 is 0 Å². The van der Waals surface area contributed by atoms with Crippen molar-refractivity contribution < 1.29 is 4.39 Å². The minimum Gasteiger partial charge on any atom is -0.279 e. The second-order valence-corrected chi connectivity index (χ2v) is 9.10. The van der Waals surface area contributed by atoms with E-state index in [4.69, 9.17) is 0 Å². The van der Waals surface area contributed by atoms with E-state index >= 15 is 0 Å². The monoisotopic (exact) mass is 434 g/mol. The number of aryl methyl sites for hydroxylation is 3. The molecule has 2 aromatic heterocycles. The first kappa shape index (κ1) is 19.9. The number of hydrogen-bond acceptors (Lipinski definition) is 3.